The van der Waals surface area contributed by atoms with E-state index in [-0.39, 0.29) is 23.8 Å². The van der Waals surface area contributed by atoms with Crippen LogP contribution in [-0.4, -0.2) is 44.8 Å². The van der Waals surface area contributed by atoms with E-state index in [2.05, 4.69) is 10.1 Å². The van der Waals surface area contributed by atoms with Crippen molar-refractivity contribution in [2.75, 3.05) is 17.2 Å². The average molecular weight is 497 g/mol. The zero-order chi connectivity index (χ0) is 25.7. The maximum absolute atomic E-state index is 13.8. The van der Waals surface area contributed by atoms with Gasteiger partial charge < -0.3 is 15.4 Å². The number of nitrogens with two attached hydrogens (primary N) is 1. The van der Waals surface area contributed by atoms with Crippen LogP contribution in [0, 0.1) is 32.6 Å². The highest BCUT2D eigenvalue weighted by molar-refractivity contribution is 6.05. The molecule has 8 nitrogen and oxygen atoms in total. The second kappa shape index (κ2) is 7.16. The number of fused-ring (bicyclic) bond motifs is 2. The second-order valence-electron chi connectivity index (χ2n) is 9.81. The van der Waals surface area contributed by atoms with Gasteiger partial charge in [-0.05, 0) is 50.1 Å². The van der Waals surface area contributed by atoms with Crippen LogP contribution in [0.3, 0.4) is 0 Å². The molecule has 2 saturated heterocycles. The van der Waals surface area contributed by atoms with E-state index >= 15 is 0 Å². The molecule has 6 rings (SSSR count). The van der Waals surface area contributed by atoms with Gasteiger partial charge in [0.2, 0.25) is 5.91 Å². The number of carbonyl (C=O) groups is 2. The third kappa shape index (κ3) is 3.05. The molecule has 4 atom stereocenters. The van der Waals surface area contributed by atoms with Crippen molar-refractivity contribution >= 4 is 34.4 Å². The van der Waals surface area contributed by atoms with E-state index in [0.717, 1.165) is 21.9 Å². The normalized spacial score (nSPS) is 26.9. The van der Waals surface area contributed by atoms with Gasteiger partial charge in [-0.25, -0.2) is 4.98 Å². The summed E-state index contributed by atoms with van der Waals surface area (Å²) < 4.78 is 48.1. The number of pyridine rings is 1. The first kappa shape index (κ1) is 22.7. The summed E-state index contributed by atoms with van der Waals surface area (Å²) in [5.74, 6) is -3.26. The molecular formula is C25H22F3N5O3. The Morgan fingerprint density at radius 1 is 1.17 bits per heavy atom. The Hall–Kier alpha value is -3.73. The van der Waals surface area contributed by atoms with Crippen LogP contribution < -0.4 is 10.6 Å². The van der Waals surface area contributed by atoms with E-state index in [1.54, 1.807) is 11.0 Å². The van der Waals surface area contributed by atoms with Crippen LogP contribution in [0.5, 0.6) is 0 Å². The fourth-order valence-electron chi connectivity index (χ4n) is 5.89. The number of aromatic nitrogens is 3. The first-order valence-electron chi connectivity index (χ1n) is 11.4. The summed E-state index contributed by atoms with van der Waals surface area (Å²) in [6, 6.07) is 6.65. The molecule has 1 aromatic carbocycles. The van der Waals surface area contributed by atoms with E-state index < -0.39 is 52.4 Å². The van der Waals surface area contributed by atoms with E-state index in [1.807, 2.05) is 38.1 Å². The van der Waals surface area contributed by atoms with Gasteiger partial charge in [0.05, 0.1) is 35.4 Å². The number of rotatable bonds is 2. The Morgan fingerprint density at radius 3 is 2.53 bits per heavy atom. The summed E-state index contributed by atoms with van der Waals surface area (Å²) in [6.07, 6.45) is -1.88. The summed E-state index contributed by atoms with van der Waals surface area (Å²) in [6.45, 7) is 5.49. The van der Waals surface area contributed by atoms with Crippen LogP contribution in [-0.2, 0) is 15.7 Å². The minimum absolute atomic E-state index is 0.0577. The van der Waals surface area contributed by atoms with E-state index in [4.69, 9.17) is 10.5 Å². The zero-order valence-electron chi connectivity index (χ0n) is 19.6. The van der Waals surface area contributed by atoms with Crippen molar-refractivity contribution in [3.8, 4) is 0 Å². The molecule has 1 spiro atoms. The molecule has 3 aromatic rings. The lowest BCUT2D eigenvalue weighted by Gasteiger charge is -2.23. The van der Waals surface area contributed by atoms with Gasteiger partial charge >= 0.3 is 6.18 Å². The molecule has 11 heteroatoms. The van der Waals surface area contributed by atoms with Crippen molar-refractivity contribution in [3.05, 3.63) is 58.8 Å². The van der Waals surface area contributed by atoms with Crippen molar-refractivity contribution in [2.45, 2.75) is 38.7 Å². The van der Waals surface area contributed by atoms with Gasteiger partial charge in [0.15, 0.2) is 11.5 Å². The summed E-state index contributed by atoms with van der Waals surface area (Å²) in [5, 5.41) is 3.51. The smallest absolute Gasteiger partial charge is 0.382 e. The number of benzene rings is 1. The molecule has 2 fully saturated rings. The van der Waals surface area contributed by atoms with Gasteiger partial charge in [-0.3, -0.25) is 9.59 Å². The maximum atomic E-state index is 13.8. The number of ether oxygens (including phenoxy) is 1. The molecule has 186 valence electrons. The third-order valence-electron chi connectivity index (χ3n) is 7.21. The largest absolute Gasteiger partial charge is 0.417 e. The maximum Gasteiger partial charge on any atom is 0.417 e. The van der Waals surface area contributed by atoms with Crippen molar-refractivity contribution in [1.29, 1.82) is 0 Å². The number of aryl methyl sites for hydroxylation is 3. The lowest BCUT2D eigenvalue weighted by Crippen LogP contribution is -2.41. The molecule has 3 aliphatic rings. The lowest BCUT2D eigenvalue weighted by atomic mass is 9.77. The number of hydrogen-bond donors (Lipinski definition) is 1. The minimum Gasteiger partial charge on any atom is -0.382 e. The number of halogens is 3. The number of alkyl halides is 3. The summed E-state index contributed by atoms with van der Waals surface area (Å²) in [7, 11) is 0. The average Bonchev–Trinajstić information content (AvgIpc) is 3.50. The van der Waals surface area contributed by atoms with E-state index in [0.29, 0.717) is 5.69 Å². The van der Waals surface area contributed by atoms with Crippen molar-refractivity contribution < 1.29 is 27.5 Å². The summed E-state index contributed by atoms with van der Waals surface area (Å²) >= 11 is 0. The standard InChI is InChI=1S/C25H22F3N5O3/c1-11-6-12(2)8-14(7-11)32-10-24-5-4-16(36-24)18(19(24)23(32)35)22(34)33-21-17(20(29)31-33)15(25(26,27)28)9-13(3)30-21/h4-9,16,18-19H,10H2,1-3H3,(H2,29,31)/t16-,18+,19-,24-/m1/s1. The van der Waals surface area contributed by atoms with Gasteiger partial charge in [0.1, 0.15) is 5.60 Å². The number of anilines is 2. The molecule has 0 aliphatic carbocycles. The van der Waals surface area contributed by atoms with Gasteiger partial charge in [-0.15, -0.1) is 5.10 Å². The monoisotopic (exact) mass is 497 g/mol. The summed E-state index contributed by atoms with van der Waals surface area (Å²) in [5.41, 5.74) is 6.28. The van der Waals surface area contributed by atoms with E-state index in [9.17, 15) is 22.8 Å². The first-order valence-corrected chi connectivity index (χ1v) is 11.4. The fourth-order valence-corrected chi connectivity index (χ4v) is 5.89. The molecular weight excluding hydrogens is 475 g/mol. The predicted octanol–water partition coefficient (Wildman–Crippen LogP) is 3.58. The fraction of sp³-hybridized carbons (Fsp3) is 0.360. The van der Waals surface area contributed by atoms with Gasteiger partial charge in [0, 0.05) is 11.4 Å². The Bertz CT molecular complexity index is 1490. The van der Waals surface area contributed by atoms with Crippen LogP contribution in [0.25, 0.3) is 11.0 Å². The number of amides is 1. The Kier molecular flexibility index (Phi) is 4.52. The number of nitrogens with zero attached hydrogens (tertiary/aromatic N) is 4. The SMILES string of the molecule is Cc1cc(C)cc(N2C[C@@]34C=C[C@@H](O3)[C@H](C(=O)n3nc(N)c5c(C(F)(F)F)cc(C)nc53)[C@@H]4C2=O)c1. The molecule has 0 radical (unpaired) electrons. The van der Waals surface area contributed by atoms with Crippen LogP contribution in [0.1, 0.15) is 27.2 Å². The van der Waals surface area contributed by atoms with Gasteiger partial charge in [-0.2, -0.15) is 17.9 Å². The molecule has 2 N–H and O–H groups in total. The Morgan fingerprint density at radius 2 is 1.86 bits per heavy atom. The number of nitrogen functional groups attached to an aromatic ring is 1. The zero-order valence-corrected chi connectivity index (χ0v) is 19.6. The van der Waals surface area contributed by atoms with Crippen molar-refractivity contribution in [1.82, 2.24) is 14.8 Å². The van der Waals surface area contributed by atoms with Crippen LogP contribution in [0.15, 0.2) is 36.4 Å². The molecule has 3 aliphatic heterocycles. The molecule has 1 amide bonds. The molecule has 2 aromatic heterocycles. The Balaban J connectivity index is 1.44. The second-order valence-corrected chi connectivity index (χ2v) is 9.81. The Labute approximate surface area is 203 Å². The van der Waals surface area contributed by atoms with E-state index in [1.165, 1.54) is 6.92 Å². The van der Waals surface area contributed by atoms with Crippen LogP contribution in [0.2, 0.25) is 0 Å². The van der Waals surface area contributed by atoms with Gasteiger partial charge in [0.25, 0.3) is 5.91 Å². The summed E-state index contributed by atoms with van der Waals surface area (Å²) in [4.78, 5) is 33.3. The van der Waals surface area contributed by atoms with Crippen LogP contribution in [0.4, 0.5) is 24.7 Å². The molecule has 0 unspecified atom stereocenters. The predicted molar refractivity (Wildman–Crippen MR) is 124 cm³/mol. The molecule has 0 saturated carbocycles. The topological polar surface area (TPSA) is 103 Å². The molecule has 36 heavy (non-hydrogen) atoms. The molecule has 2 bridgehead atoms. The van der Waals surface area contributed by atoms with Crippen LogP contribution >= 0.6 is 0 Å². The lowest BCUT2D eigenvalue weighted by molar-refractivity contribution is -0.136. The minimum atomic E-state index is -4.72. The third-order valence-corrected chi connectivity index (χ3v) is 7.21. The highest BCUT2D eigenvalue weighted by atomic mass is 19.4. The number of hydrogen-bond acceptors (Lipinski definition) is 6. The molecule has 5 heterocycles. The highest BCUT2D eigenvalue weighted by Crippen LogP contribution is 2.53. The van der Waals surface area contributed by atoms with Gasteiger partial charge in [-0.1, -0.05) is 18.2 Å². The van der Waals surface area contributed by atoms with Crippen molar-refractivity contribution in [2.24, 2.45) is 11.8 Å². The van der Waals surface area contributed by atoms with Crippen molar-refractivity contribution in [3.63, 3.8) is 0 Å². The highest BCUT2D eigenvalue weighted by Gasteiger charge is 2.67. The number of carbonyl (C=O) groups excluding carboxylic acids is 2. The first-order chi connectivity index (χ1) is 16.9. The quantitative estimate of drug-likeness (QED) is 0.543.